The Labute approximate surface area is 88.4 Å². The summed E-state index contributed by atoms with van der Waals surface area (Å²) < 4.78 is 4.70. The van der Waals surface area contributed by atoms with Crippen molar-refractivity contribution >= 4 is 17.8 Å². The quantitative estimate of drug-likeness (QED) is 0.505. The molecule has 2 amide bonds. The van der Waals surface area contributed by atoms with Crippen LogP contribution in [-0.4, -0.2) is 35.8 Å². The molecule has 0 N–H and O–H groups in total. The molecule has 0 aromatic rings. The molecule has 1 aliphatic heterocycles. The second kappa shape index (κ2) is 5.48. The fourth-order valence-corrected chi connectivity index (χ4v) is 1.47. The standard InChI is InChI=1S/C10H15NO4/c1-2-15-10(14)7-11-8(12)5-3-4-6-9(11)13/h2-7H2,1H3. The van der Waals surface area contributed by atoms with Crippen LogP contribution in [0.2, 0.25) is 0 Å². The Morgan fingerprint density at radius 2 is 1.80 bits per heavy atom. The van der Waals surface area contributed by atoms with E-state index in [2.05, 4.69) is 0 Å². The van der Waals surface area contributed by atoms with E-state index in [1.165, 1.54) is 0 Å². The number of carbonyl (C=O) groups is 3. The van der Waals surface area contributed by atoms with Gasteiger partial charge in [-0.25, -0.2) is 0 Å². The van der Waals surface area contributed by atoms with Gasteiger partial charge in [0.2, 0.25) is 11.8 Å². The maximum absolute atomic E-state index is 11.5. The van der Waals surface area contributed by atoms with Crippen LogP contribution in [0, 0.1) is 0 Å². The van der Waals surface area contributed by atoms with Gasteiger partial charge >= 0.3 is 5.97 Å². The van der Waals surface area contributed by atoms with Crippen LogP contribution >= 0.6 is 0 Å². The molecule has 1 heterocycles. The first-order chi connectivity index (χ1) is 7.15. The van der Waals surface area contributed by atoms with Gasteiger partial charge < -0.3 is 4.74 Å². The van der Waals surface area contributed by atoms with Crippen LogP contribution in [0.4, 0.5) is 0 Å². The summed E-state index contributed by atoms with van der Waals surface area (Å²) in [7, 11) is 0. The molecule has 0 bridgehead atoms. The van der Waals surface area contributed by atoms with Crippen LogP contribution in [0.3, 0.4) is 0 Å². The number of ether oxygens (including phenoxy) is 1. The largest absolute Gasteiger partial charge is 0.465 e. The number of esters is 1. The van der Waals surface area contributed by atoms with Crippen molar-refractivity contribution in [2.24, 2.45) is 0 Å². The molecule has 0 saturated carbocycles. The Morgan fingerprint density at radius 1 is 1.27 bits per heavy atom. The van der Waals surface area contributed by atoms with E-state index in [9.17, 15) is 14.4 Å². The molecule has 1 fully saturated rings. The molecule has 0 atom stereocenters. The van der Waals surface area contributed by atoms with Gasteiger partial charge in [-0.15, -0.1) is 0 Å². The van der Waals surface area contributed by atoms with Crippen molar-refractivity contribution < 1.29 is 19.1 Å². The lowest BCUT2D eigenvalue weighted by atomic mass is 10.2. The molecule has 1 rings (SSSR count). The first-order valence-electron chi connectivity index (χ1n) is 5.14. The van der Waals surface area contributed by atoms with Crippen molar-refractivity contribution in [2.45, 2.75) is 32.6 Å². The Hall–Kier alpha value is -1.39. The molecular weight excluding hydrogens is 198 g/mol. The molecule has 84 valence electrons. The molecule has 1 saturated heterocycles. The maximum Gasteiger partial charge on any atom is 0.326 e. The lowest BCUT2D eigenvalue weighted by molar-refractivity contribution is -0.154. The predicted molar refractivity (Wildman–Crippen MR) is 51.8 cm³/mol. The summed E-state index contributed by atoms with van der Waals surface area (Å²) in [4.78, 5) is 35.1. The summed E-state index contributed by atoms with van der Waals surface area (Å²) in [6, 6.07) is 0. The number of imide groups is 1. The fourth-order valence-electron chi connectivity index (χ4n) is 1.47. The predicted octanol–water partition coefficient (Wildman–Crippen LogP) is 0.479. The third kappa shape index (κ3) is 3.34. The van der Waals surface area contributed by atoms with Crippen molar-refractivity contribution in [3.05, 3.63) is 0 Å². The van der Waals surface area contributed by atoms with E-state index >= 15 is 0 Å². The average Bonchev–Trinajstić information content (AvgIpc) is 2.33. The molecule has 0 radical (unpaired) electrons. The zero-order chi connectivity index (χ0) is 11.3. The van der Waals surface area contributed by atoms with E-state index in [1.807, 2.05) is 0 Å². The van der Waals surface area contributed by atoms with Crippen LogP contribution in [0.1, 0.15) is 32.6 Å². The van der Waals surface area contributed by atoms with Crippen molar-refractivity contribution in [1.82, 2.24) is 4.90 Å². The van der Waals surface area contributed by atoms with Crippen LogP contribution in [0.5, 0.6) is 0 Å². The van der Waals surface area contributed by atoms with Crippen LogP contribution in [-0.2, 0) is 19.1 Å². The van der Waals surface area contributed by atoms with Gasteiger partial charge in [0.15, 0.2) is 0 Å². The first kappa shape index (κ1) is 11.7. The Kier molecular flexibility index (Phi) is 4.27. The minimum Gasteiger partial charge on any atom is -0.465 e. The minimum absolute atomic E-state index is 0.245. The van der Waals surface area contributed by atoms with Gasteiger partial charge in [0, 0.05) is 12.8 Å². The van der Waals surface area contributed by atoms with Gasteiger partial charge in [-0.05, 0) is 19.8 Å². The van der Waals surface area contributed by atoms with E-state index in [4.69, 9.17) is 4.74 Å². The topological polar surface area (TPSA) is 63.7 Å². The number of amides is 2. The highest BCUT2D eigenvalue weighted by Crippen LogP contribution is 2.12. The molecular formula is C10H15NO4. The van der Waals surface area contributed by atoms with E-state index in [0.717, 1.165) is 4.90 Å². The van der Waals surface area contributed by atoms with Gasteiger partial charge in [-0.1, -0.05) is 0 Å². The summed E-state index contributed by atoms with van der Waals surface area (Å²) in [6.45, 7) is 1.70. The van der Waals surface area contributed by atoms with Gasteiger partial charge in [-0.3, -0.25) is 19.3 Å². The van der Waals surface area contributed by atoms with Crippen LogP contribution in [0.15, 0.2) is 0 Å². The van der Waals surface area contributed by atoms with E-state index in [-0.39, 0.29) is 25.0 Å². The molecule has 1 aliphatic rings. The Morgan fingerprint density at radius 3 is 2.27 bits per heavy atom. The lowest BCUT2D eigenvalue weighted by Gasteiger charge is -2.17. The van der Waals surface area contributed by atoms with E-state index < -0.39 is 5.97 Å². The van der Waals surface area contributed by atoms with Gasteiger partial charge in [0.1, 0.15) is 6.54 Å². The fraction of sp³-hybridized carbons (Fsp3) is 0.700. The zero-order valence-electron chi connectivity index (χ0n) is 8.82. The number of likely N-dealkylation sites (tertiary alicyclic amines) is 1. The maximum atomic E-state index is 11.5. The average molecular weight is 213 g/mol. The third-order valence-corrected chi connectivity index (χ3v) is 2.23. The van der Waals surface area contributed by atoms with Gasteiger partial charge in [-0.2, -0.15) is 0 Å². The molecule has 5 nitrogen and oxygen atoms in total. The van der Waals surface area contributed by atoms with Crippen molar-refractivity contribution in [2.75, 3.05) is 13.2 Å². The smallest absolute Gasteiger partial charge is 0.326 e. The summed E-state index contributed by atoms with van der Waals surface area (Å²) >= 11 is 0. The van der Waals surface area contributed by atoms with E-state index in [0.29, 0.717) is 25.7 Å². The van der Waals surface area contributed by atoms with Crippen molar-refractivity contribution in [1.29, 1.82) is 0 Å². The van der Waals surface area contributed by atoms with Crippen molar-refractivity contribution in [3.8, 4) is 0 Å². The number of carbonyl (C=O) groups excluding carboxylic acids is 3. The molecule has 0 aliphatic carbocycles. The summed E-state index contributed by atoms with van der Waals surface area (Å²) in [6.07, 6.45) is 2.10. The molecule has 0 aromatic carbocycles. The van der Waals surface area contributed by atoms with Gasteiger partial charge in [0.05, 0.1) is 6.61 Å². The number of rotatable bonds is 3. The normalized spacial score (nSPS) is 17.5. The Balaban J connectivity index is 2.59. The first-order valence-corrected chi connectivity index (χ1v) is 5.14. The highest BCUT2D eigenvalue weighted by Gasteiger charge is 2.26. The second-order valence-corrected chi connectivity index (χ2v) is 3.39. The Bertz CT molecular complexity index is 257. The second-order valence-electron chi connectivity index (χ2n) is 3.39. The minimum atomic E-state index is -0.527. The summed E-state index contributed by atoms with van der Waals surface area (Å²) in [5.41, 5.74) is 0. The summed E-state index contributed by atoms with van der Waals surface area (Å²) in [5, 5.41) is 0. The molecule has 15 heavy (non-hydrogen) atoms. The SMILES string of the molecule is CCOC(=O)CN1C(=O)CCCCC1=O. The summed E-state index contributed by atoms with van der Waals surface area (Å²) in [5.74, 6) is -1.07. The van der Waals surface area contributed by atoms with Crippen molar-refractivity contribution in [3.63, 3.8) is 0 Å². The highest BCUT2D eigenvalue weighted by molar-refractivity contribution is 5.98. The van der Waals surface area contributed by atoms with E-state index in [1.54, 1.807) is 6.92 Å². The van der Waals surface area contributed by atoms with Crippen LogP contribution in [0.25, 0.3) is 0 Å². The van der Waals surface area contributed by atoms with Crippen LogP contribution < -0.4 is 0 Å². The zero-order valence-corrected chi connectivity index (χ0v) is 8.82. The molecule has 0 unspecified atom stereocenters. The molecule has 5 heteroatoms. The highest BCUT2D eigenvalue weighted by atomic mass is 16.5. The number of nitrogens with zero attached hydrogens (tertiary/aromatic N) is 1. The lowest BCUT2D eigenvalue weighted by Crippen LogP contribution is -2.39. The monoisotopic (exact) mass is 213 g/mol. The van der Waals surface area contributed by atoms with Gasteiger partial charge in [0.25, 0.3) is 0 Å². The molecule has 0 spiro atoms. The third-order valence-electron chi connectivity index (χ3n) is 2.23. The number of hydrogen-bond donors (Lipinski definition) is 0. The number of hydrogen-bond acceptors (Lipinski definition) is 4. The molecule has 0 aromatic heterocycles.